The predicted molar refractivity (Wildman–Crippen MR) is 129 cm³/mol. The normalized spacial score (nSPS) is 21.2. The lowest BCUT2D eigenvalue weighted by atomic mass is 9.76. The number of hydrogen-bond acceptors (Lipinski definition) is 4. The molecule has 0 saturated carbocycles. The summed E-state index contributed by atoms with van der Waals surface area (Å²) in [7, 11) is 3.50. The van der Waals surface area contributed by atoms with Crippen LogP contribution < -0.4 is 5.73 Å². The van der Waals surface area contributed by atoms with Gasteiger partial charge in [-0.05, 0) is 37.0 Å². The Labute approximate surface area is 191 Å². The summed E-state index contributed by atoms with van der Waals surface area (Å²) in [5.41, 5.74) is 7.71. The number of amides is 2. The van der Waals surface area contributed by atoms with Crippen molar-refractivity contribution >= 4 is 17.6 Å². The SMILES string of the molecule is CCCC1C(=O)C(c2ccccc2)(c2cccc(C(C)N(CC)C(=O)N(C)C)c2)N=C1N. The first-order valence-electron chi connectivity index (χ1n) is 11.3. The van der Waals surface area contributed by atoms with Gasteiger partial charge in [0.2, 0.25) is 0 Å². The maximum Gasteiger partial charge on any atom is 0.319 e. The van der Waals surface area contributed by atoms with Gasteiger partial charge in [-0.2, -0.15) is 0 Å². The molecule has 0 fully saturated rings. The molecular weight excluding hydrogens is 400 g/mol. The van der Waals surface area contributed by atoms with Crippen LogP contribution in [-0.2, 0) is 10.3 Å². The zero-order chi connectivity index (χ0) is 23.5. The van der Waals surface area contributed by atoms with Gasteiger partial charge in [-0.1, -0.05) is 67.9 Å². The third-order valence-electron chi connectivity index (χ3n) is 6.32. The van der Waals surface area contributed by atoms with Gasteiger partial charge in [0.25, 0.3) is 0 Å². The first-order chi connectivity index (χ1) is 15.3. The molecule has 0 spiro atoms. The average molecular weight is 435 g/mol. The van der Waals surface area contributed by atoms with E-state index in [2.05, 4.69) is 0 Å². The summed E-state index contributed by atoms with van der Waals surface area (Å²) in [4.78, 5) is 34.7. The summed E-state index contributed by atoms with van der Waals surface area (Å²) in [5, 5.41) is 0. The standard InChI is InChI=1S/C26H34N4O2/c1-6-12-22-23(31)26(28-24(22)27,20-14-9-8-10-15-20)21-16-11-13-19(17-21)18(3)30(7-2)25(32)29(4)5/h8-11,13-18,22H,6-7,12H2,1-5H3,(H2,27,28). The highest BCUT2D eigenvalue weighted by Gasteiger charge is 2.51. The van der Waals surface area contributed by atoms with Gasteiger partial charge in [-0.25, -0.2) is 9.79 Å². The first kappa shape index (κ1) is 23.5. The Kier molecular flexibility index (Phi) is 7.02. The summed E-state index contributed by atoms with van der Waals surface area (Å²) >= 11 is 0. The largest absolute Gasteiger partial charge is 0.387 e. The van der Waals surface area contributed by atoms with Crippen LogP contribution in [0, 0.1) is 5.92 Å². The molecule has 2 aromatic carbocycles. The Hall–Kier alpha value is -3.15. The molecule has 0 saturated heterocycles. The molecule has 6 heteroatoms. The molecule has 3 unspecified atom stereocenters. The number of carbonyl (C=O) groups excluding carboxylic acids is 2. The quantitative estimate of drug-likeness (QED) is 0.704. The molecule has 2 N–H and O–H groups in total. The molecule has 1 heterocycles. The van der Waals surface area contributed by atoms with Gasteiger partial charge in [-0.15, -0.1) is 0 Å². The number of rotatable bonds is 7. The number of nitrogens with zero attached hydrogens (tertiary/aromatic N) is 3. The summed E-state index contributed by atoms with van der Waals surface area (Å²) < 4.78 is 0. The minimum absolute atomic E-state index is 0.0181. The second kappa shape index (κ2) is 9.55. The lowest BCUT2D eigenvalue weighted by molar-refractivity contribution is -0.124. The number of urea groups is 1. The van der Waals surface area contributed by atoms with Crippen LogP contribution in [0.1, 0.15) is 56.3 Å². The van der Waals surface area contributed by atoms with Crippen molar-refractivity contribution in [2.45, 2.75) is 45.2 Å². The van der Waals surface area contributed by atoms with E-state index in [-0.39, 0.29) is 23.8 Å². The number of Topliss-reactive ketones (excluding diaryl/α,β-unsaturated/α-hetero) is 1. The minimum Gasteiger partial charge on any atom is -0.387 e. The van der Waals surface area contributed by atoms with Gasteiger partial charge in [-0.3, -0.25) is 4.79 Å². The summed E-state index contributed by atoms with van der Waals surface area (Å²) in [6, 6.07) is 17.3. The lowest BCUT2D eigenvalue weighted by Crippen LogP contribution is -2.40. The Morgan fingerprint density at radius 3 is 2.34 bits per heavy atom. The number of benzene rings is 2. The second-order valence-electron chi connectivity index (χ2n) is 8.58. The Bertz CT molecular complexity index is 1000. The number of nitrogens with two attached hydrogens (primary N) is 1. The fraction of sp³-hybridized carbons (Fsp3) is 0.423. The molecule has 2 aromatic rings. The molecule has 3 rings (SSSR count). The monoisotopic (exact) mass is 434 g/mol. The average Bonchev–Trinajstić information content (AvgIpc) is 3.06. The van der Waals surface area contributed by atoms with Crippen molar-refractivity contribution in [1.29, 1.82) is 0 Å². The van der Waals surface area contributed by atoms with E-state index in [0.717, 1.165) is 23.1 Å². The van der Waals surface area contributed by atoms with E-state index >= 15 is 0 Å². The van der Waals surface area contributed by atoms with Gasteiger partial charge in [0, 0.05) is 20.6 Å². The smallest absolute Gasteiger partial charge is 0.319 e. The fourth-order valence-corrected chi connectivity index (χ4v) is 4.58. The highest BCUT2D eigenvalue weighted by Crippen LogP contribution is 2.43. The van der Waals surface area contributed by atoms with Crippen LogP contribution >= 0.6 is 0 Å². The maximum absolute atomic E-state index is 13.8. The van der Waals surface area contributed by atoms with Crippen LogP contribution in [0.3, 0.4) is 0 Å². The lowest BCUT2D eigenvalue weighted by Gasteiger charge is -2.32. The molecule has 6 nitrogen and oxygen atoms in total. The molecule has 170 valence electrons. The van der Waals surface area contributed by atoms with Gasteiger partial charge in [0.15, 0.2) is 11.3 Å². The van der Waals surface area contributed by atoms with Gasteiger partial charge < -0.3 is 15.5 Å². The van der Waals surface area contributed by atoms with E-state index < -0.39 is 5.54 Å². The summed E-state index contributed by atoms with van der Waals surface area (Å²) in [6.45, 7) is 6.60. The van der Waals surface area contributed by atoms with Crippen LogP contribution in [-0.4, -0.2) is 48.1 Å². The second-order valence-corrected chi connectivity index (χ2v) is 8.58. The molecule has 32 heavy (non-hydrogen) atoms. The van der Waals surface area contributed by atoms with Crippen LogP contribution in [0.25, 0.3) is 0 Å². The Balaban J connectivity index is 2.13. The third kappa shape index (κ3) is 4.01. The number of ketones is 1. The molecule has 0 aromatic heterocycles. The topological polar surface area (TPSA) is 79.0 Å². The van der Waals surface area contributed by atoms with Crippen LogP contribution in [0.5, 0.6) is 0 Å². The fourth-order valence-electron chi connectivity index (χ4n) is 4.58. The van der Waals surface area contributed by atoms with Gasteiger partial charge >= 0.3 is 6.03 Å². The van der Waals surface area contributed by atoms with E-state index in [1.54, 1.807) is 19.0 Å². The highest BCUT2D eigenvalue weighted by molar-refractivity contribution is 6.14. The molecule has 2 amide bonds. The summed E-state index contributed by atoms with van der Waals surface area (Å²) in [6.07, 6.45) is 1.53. The van der Waals surface area contributed by atoms with Crippen molar-refractivity contribution in [3.63, 3.8) is 0 Å². The third-order valence-corrected chi connectivity index (χ3v) is 6.32. The van der Waals surface area contributed by atoms with Crippen LogP contribution in [0.15, 0.2) is 59.6 Å². The van der Waals surface area contributed by atoms with Crippen molar-refractivity contribution in [3.8, 4) is 0 Å². The van der Waals surface area contributed by atoms with Gasteiger partial charge in [0.05, 0.1) is 12.0 Å². The molecular formula is C26H34N4O2. The van der Waals surface area contributed by atoms with Crippen molar-refractivity contribution < 1.29 is 9.59 Å². The molecule has 1 aliphatic rings. The molecule has 3 atom stereocenters. The Morgan fingerprint density at radius 1 is 1.09 bits per heavy atom. The zero-order valence-corrected chi connectivity index (χ0v) is 19.7. The Morgan fingerprint density at radius 2 is 1.75 bits per heavy atom. The van der Waals surface area contributed by atoms with Gasteiger partial charge in [0.1, 0.15) is 5.84 Å². The van der Waals surface area contributed by atoms with Crippen LogP contribution in [0.4, 0.5) is 4.79 Å². The van der Waals surface area contributed by atoms with Crippen molar-refractivity contribution in [2.24, 2.45) is 16.6 Å². The number of amidine groups is 1. The maximum atomic E-state index is 13.8. The van der Waals surface area contributed by atoms with E-state index in [1.165, 1.54) is 0 Å². The minimum atomic E-state index is -1.16. The van der Waals surface area contributed by atoms with Crippen molar-refractivity contribution in [1.82, 2.24) is 9.80 Å². The molecule has 0 bridgehead atoms. The molecule has 1 aliphatic heterocycles. The molecule has 0 radical (unpaired) electrons. The zero-order valence-electron chi connectivity index (χ0n) is 19.7. The van der Waals surface area contributed by atoms with E-state index in [1.807, 2.05) is 80.3 Å². The number of hydrogen-bond donors (Lipinski definition) is 1. The van der Waals surface area contributed by atoms with E-state index in [4.69, 9.17) is 10.7 Å². The number of carbonyl (C=O) groups is 2. The first-order valence-corrected chi connectivity index (χ1v) is 11.3. The predicted octanol–water partition coefficient (Wildman–Crippen LogP) is 4.35. The highest BCUT2D eigenvalue weighted by atomic mass is 16.2. The van der Waals surface area contributed by atoms with E-state index in [0.29, 0.717) is 18.8 Å². The van der Waals surface area contributed by atoms with Crippen molar-refractivity contribution in [3.05, 3.63) is 71.3 Å². The van der Waals surface area contributed by atoms with E-state index in [9.17, 15) is 9.59 Å². The number of aliphatic imine (C=N–C) groups is 1. The summed E-state index contributed by atoms with van der Waals surface area (Å²) in [5.74, 6) is 0.0328. The van der Waals surface area contributed by atoms with Crippen LogP contribution in [0.2, 0.25) is 0 Å². The van der Waals surface area contributed by atoms with Crippen molar-refractivity contribution in [2.75, 3.05) is 20.6 Å². The molecule has 0 aliphatic carbocycles.